The first-order chi connectivity index (χ1) is 13.8. The van der Waals surface area contributed by atoms with E-state index in [9.17, 15) is 9.90 Å². The number of nitrogens with zero attached hydrogens (tertiary/aromatic N) is 2. The van der Waals surface area contributed by atoms with Gasteiger partial charge in [0.15, 0.2) is 5.96 Å². The number of carbonyl (C=O) groups excluding carboxylic acids is 1. The predicted octanol–water partition coefficient (Wildman–Crippen LogP) is 1.98. The van der Waals surface area contributed by atoms with Crippen molar-refractivity contribution in [3.05, 3.63) is 0 Å². The summed E-state index contributed by atoms with van der Waals surface area (Å²) in [6.45, 7) is 12.9. The summed E-state index contributed by atoms with van der Waals surface area (Å²) in [5.74, 6) is 1.15. The molecule has 2 unspecified atom stereocenters. The summed E-state index contributed by atoms with van der Waals surface area (Å²) in [7, 11) is 0. The molecule has 3 N–H and O–H groups in total. The summed E-state index contributed by atoms with van der Waals surface area (Å²) in [6.07, 6.45) is 3.48. The zero-order valence-electron chi connectivity index (χ0n) is 18.6. The first kappa shape index (κ1) is 23.7. The normalized spacial score (nSPS) is 25.8. The Morgan fingerprint density at radius 3 is 2.79 bits per heavy atom. The molecule has 0 aromatic heterocycles. The number of ether oxygens (including phenoxy) is 2. The molecular formula is C21H40N4O4. The second-order valence-corrected chi connectivity index (χ2v) is 9.29. The average Bonchev–Trinajstić information content (AvgIpc) is 3.12. The number of rotatable bonds is 7. The fraction of sp³-hybridized carbons (Fsp3) is 0.905. The molecular weight excluding hydrogens is 372 g/mol. The van der Waals surface area contributed by atoms with Gasteiger partial charge < -0.3 is 30.1 Å². The highest BCUT2D eigenvalue weighted by molar-refractivity contribution is 5.79. The quantitative estimate of drug-likeness (QED) is 0.437. The Balaban J connectivity index is 1.88. The molecule has 2 aliphatic heterocycles. The maximum absolute atomic E-state index is 12.4. The van der Waals surface area contributed by atoms with Crippen molar-refractivity contribution in [1.82, 2.24) is 15.5 Å². The number of likely N-dealkylation sites (tertiary alicyclic amines) is 1. The lowest BCUT2D eigenvalue weighted by Crippen LogP contribution is -2.47. The third-order valence-electron chi connectivity index (χ3n) is 5.47. The van der Waals surface area contributed by atoms with Crippen molar-refractivity contribution in [3.63, 3.8) is 0 Å². The van der Waals surface area contributed by atoms with E-state index in [2.05, 4.69) is 10.6 Å². The van der Waals surface area contributed by atoms with E-state index in [1.807, 2.05) is 32.6 Å². The molecule has 0 spiro atoms. The van der Waals surface area contributed by atoms with Crippen LogP contribution in [0.1, 0.15) is 53.4 Å². The lowest BCUT2D eigenvalue weighted by Gasteiger charge is -2.34. The van der Waals surface area contributed by atoms with E-state index < -0.39 is 5.60 Å². The molecule has 2 saturated heterocycles. The van der Waals surface area contributed by atoms with Crippen molar-refractivity contribution >= 4 is 12.1 Å². The number of piperidine rings is 1. The number of aliphatic hydroxyl groups is 1. The summed E-state index contributed by atoms with van der Waals surface area (Å²) < 4.78 is 11.1. The van der Waals surface area contributed by atoms with E-state index >= 15 is 0 Å². The fourth-order valence-electron chi connectivity index (χ4n) is 3.84. The van der Waals surface area contributed by atoms with Crippen LogP contribution in [-0.4, -0.2) is 80.2 Å². The standard InChI is InChI=1S/C21H40N4O4/c1-5-22-18(24-15-21(8-11-26)9-12-28-16-21)23-13-17-7-6-10-25(14-17)19(27)29-20(2,3)4/h17,26H,5-16H2,1-4H3,(H2,22,23,24). The minimum absolute atomic E-state index is 0.0601. The summed E-state index contributed by atoms with van der Waals surface area (Å²) in [4.78, 5) is 18.9. The number of nitrogens with one attached hydrogen (secondary N) is 2. The van der Waals surface area contributed by atoms with Crippen molar-refractivity contribution in [1.29, 1.82) is 0 Å². The zero-order valence-corrected chi connectivity index (χ0v) is 18.6. The average molecular weight is 413 g/mol. The molecule has 0 aromatic carbocycles. The van der Waals surface area contributed by atoms with Crippen molar-refractivity contribution in [2.45, 2.75) is 59.0 Å². The van der Waals surface area contributed by atoms with Gasteiger partial charge in [-0.25, -0.2) is 4.79 Å². The van der Waals surface area contributed by atoms with Gasteiger partial charge in [-0.05, 0) is 59.3 Å². The van der Waals surface area contributed by atoms with Gasteiger partial charge in [-0.15, -0.1) is 0 Å². The zero-order chi connectivity index (χ0) is 21.3. The minimum atomic E-state index is -0.471. The Morgan fingerprint density at radius 2 is 2.17 bits per heavy atom. The van der Waals surface area contributed by atoms with Crippen molar-refractivity contribution in [2.24, 2.45) is 16.3 Å². The van der Waals surface area contributed by atoms with E-state index in [0.717, 1.165) is 51.5 Å². The molecule has 1 amide bonds. The number of hydrogen-bond donors (Lipinski definition) is 3. The molecule has 0 aliphatic carbocycles. The van der Waals surface area contributed by atoms with E-state index in [4.69, 9.17) is 14.5 Å². The summed E-state index contributed by atoms with van der Waals surface area (Å²) in [5, 5.41) is 16.1. The van der Waals surface area contributed by atoms with Crippen LogP contribution in [0.2, 0.25) is 0 Å². The highest BCUT2D eigenvalue weighted by Crippen LogP contribution is 2.32. The van der Waals surface area contributed by atoms with Crippen LogP contribution in [0.15, 0.2) is 4.99 Å². The molecule has 0 saturated carbocycles. The Labute approximate surface area is 175 Å². The van der Waals surface area contributed by atoms with Gasteiger partial charge in [0.1, 0.15) is 5.60 Å². The summed E-state index contributed by atoms with van der Waals surface area (Å²) >= 11 is 0. The summed E-state index contributed by atoms with van der Waals surface area (Å²) in [6, 6.07) is 0. The molecule has 2 aliphatic rings. The molecule has 0 aromatic rings. The van der Waals surface area contributed by atoms with Crippen LogP contribution in [0.5, 0.6) is 0 Å². The van der Waals surface area contributed by atoms with Crippen molar-refractivity contribution < 1.29 is 19.4 Å². The van der Waals surface area contributed by atoms with Gasteiger partial charge in [-0.3, -0.25) is 4.99 Å². The molecule has 168 valence electrons. The second-order valence-electron chi connectivity index (χ2n) is 9.29. The smallest absolute Gasteiger partial charge is 0.410 e. The Hall–Kier alpha value is -1.54. The molecule has 2 fully saturated rings. The molecule has 8 heteroatoms. The van der Waals surface area contributed by atoms with Crippen LogP contribution in [0, 0.1) is 11.3 Å². The van der Waals surface area contributed by atoms with Gasteiger partial charge in [-0.1, -0.05) is 0 Å². The Kier molecular flexibility index (Phi) is 9.02. The number of aliphatic hydroxyl groups excluding tert-OH is 1. The van der Waals surface area contributed by atoms with Crippen LogP contribution >= 0.6 is 0 Å². The van der Waals surface area contributed by atoms with Gasteiger partial charge in [0, 0.05) is 44.8 Å². The highest BCUT2D eigenvalue weighted by Gasteiger charge is 2.34. The predicted molar refractivity (Wildman–Crippen MR) is 114 cm³/mol. The van der Waals surface area contributed by atoms with Crippen LogP contribution < -0.4 is 10.6 Å². The van der Waals surface area contributed by atoms with Gasteiger partial charge in [-0.2, -0.15) is 0 Å². The van der Waals surface area contributed by atoms with Gasteiger partial charge >= 0.3 is 6.09 Å². The number of carbonyl (C=O) groups is 1. The lowest BCUT2D eigenvalue weighted by molar-refractivity contribution is 0.0168. The van der Waals surface area contributed by atoms with Gasteiger partial charge in [0.05, 0.1) is 13.2 Å². The molecule has 8 nitrogen and oxygen atoms in total. The maximum Gasteiger partial charge on any atom is 0.410 e. The third kappa shape index (κ3) is 8.01. The van der Waals surface area contributed by atoms with E-state index in [0.29, 0.717) is 32.0 Å². The first-order valence-electron chi connectivity index (χ1n) is 11.0. The van der Waals surface area contributed by atoms with Crippen LogP contribution in [0.25, 0.3) is 0 Å². The molecule has 2 atom stereocenters. The monoisotopic (exact) mass is 412 g/mol. The number of guanidine groups is 1. The second kappa shape index (κ2) is 11.0. The minimum Gasteiger partial charge on any atom is -0.444 e. The fourth-order valence-corrected chi connectivity index (χ4v) is 3.84. The van der Waals surface area contributed by atoms with Gasteiger partial charge in [0.25, 0.3) is 0 Å². The number of aliphatic imine (C=N–C) groups is 1. The molecule has 2 heterocycles. The third-order valence-corrected chi connectivity index (χ3v) is 5.47. The van der Waals surface area contributed by atoms with E-state index in [-0.39, 0.29) is 18.1 Å². The van der Waals surface area contributed by atoms with E-state index in [1.54, 1.807) is 0 Å². The van der Waals surface area contributed by atoms with Crippen LogP contribution in [0.4, 0.5) is 4.79 Å². The van der Waals surface area contributed by atoms with Crippen LogP contribution in [-0.2, 0) is 9.47 Å². The topological polar surface area (TPSA) is 95.4 Å². The molecule has 0 radical (unpaired) electrons. The number of amides is 1. The molecule has 29 heavy (non-hydrogen) atoms. The SMILES string of the molecule is CCNC(=NCC1(CCO)CCOC1)NCC1CCCN(C(=O)OC(C)(C)C)C1. The van der Waals surface area contributed by atoms with Gasteiger partial charge in [0.2, 0.25) is 0 Å². The Morgan fingerprint density at radius 1 is 1.38 bits per heavy atom. The van der Waals surface area contributed by atoms with Crippen molar-refractivity contribution in [3.8, 4) is 0 Å². The largest absolute Gasteiger partial charge is 0.444 e. The van der Waals surface area contributed by atoms with Crippen molar-refractivity contribution in [2.75, 3.05) is 52.5 Å². The lowest BCUT2D eigenvalue weighted by atomic mass is 9.84. The first-order valence-corrected chi connectivity index (χ1v) is 11.0. The van der Waals surface area contributed by atoms with E-state index in [1.165, 1.54) is 0 Å². The maximum atomic E-state index is 12.4. The number of hydrogen-bond acceptors (Lipinski definition) is 5. The highest BCUT2D eigenvalue weighted by atomic mass is 16.6. The molecule has 2 rings (SSSR count). The Bertz CT molecular complexity index is 541. The van der Waals surface area contributed by atoms with Crippen LogP contribution in [0.3, 0.4) is 0 Å². The summed E-state index contributed by atoms with van der Waals surface area (Å²) in [5.41, 5.74) is -0.531. The molecule has 0 bridgehead atoms.